The Bertz CT molecular complexity index is 1060. The first kappa shape index (κ1) is 25.0. The lowest BCUT2D eigenvalue weighted by Crippen LogP contribution is -2.20. The van der Waals surface area contributed by atoms with Crippen molar-refractivity contribution < 1.29 is 22.9 Å². The van der Waals surface area contributed by atoms with E-state index in [4.69, 9.17) is 9.56 Å². The number of hydrogen-bond donors (Lipinski definition) is 3. The molecule has 1 aromatic heterocycles. The Hall–Kier alpha value is -2.23. The van der Waals surface area contributed by atoms with Crippen LogP contribution in [-0.2, 0) is 21.3 Å². The van der Waals surface area contributed by atoms with E-state index in [1.54, 1.807) is 26.8 Å². The molecule has 0 saturated carbocycles. The van der Waals surface area contributed by atoms with Crippen molar-refractivity contribution in [2.75, 3.05) is 5.32 Å². The van der Waals surface area contributed by atoms with Crippen LogP contribution in [-0.4, -0.2) is 15.3 Å². The van der Waals surface area contributed by atoms with Crippen LogP contribution in [0.25, 0.3) is 0 Å². The van der Waals surface area contributed by atoms with Gasteiger partial charge in [0.2, 0.25) is 0 Å². The lowest BCUT2D eigenvalue weighted by molar-refractivity contribution is 0.0770. The van der Waals surface area contributed by atoms with Gasteiger partial charge in [-0.1, -0.05) is 27.7 Å². The van der Waals surface area contributed by atoms with Crippen molar-refractivity contribution in [3.05, 3.63) is 52.2 Å². The maximum Gasteiger partial charge on any atom is 0.354 e. The zero-order valence-electron chi connectivity index (χ0n) is 19.1. The Morgan fingerprint density at radius 3 is 2.16 bits per heavy atom. The number of rotatable bonds is 6. The molecule has 0 spiro atoms. The molecule has 0 fully saturated rings. The fourth-order valence-electron chi connectivity index (χ4n) is 3.43. The molecule has 1 aromatic carbocycles. The molecule has 1 atom stereocenters. The van der Waals surface area contributed by atoms with Crippen LogP contribution in [0.4, 0.5) is 14.9 Å². The molecule has 0 radical (unpaired) electrons. The number of halogens is 1. The topological polar surface area (TPSA) is 118 Å². The molecule has 0 bridgehead atoms. The summed E-state index contributed by atoms with van der Waals surface area (Å²) < 4.78 is 36.1. The van der Waals surface area contributed by atoms with Crippen molar-refractivity contribution in [2.24, 2.45) is 9.50 Å². The van der Waals surface area contributed by atoms with Gasteiger partial charge in [-0.15, -0.1) is 4.36 Å². The van der Waals surface area contributed by atoms with E-state index in [0.717, 1.165) is 0 Å². The zero-order valence-corrected chi connectivity index (χ0v) is 19.9. The highest BCUT2D eigenvalue weighted by Gasteiger charge is 2.24. The van der Waals surface area contributed by atoms with Gasteiger partial charge < -0.3 is 14.8 Å². The summed E-state index contributed by atoms with van der Waals surface area (Å²) in [6.45, 7) is 12.4. The molecule has 172 valence electrons. The first-order valence-corrected chi connectivity index (χ1v) is 11.8. The second kappa shape index (κ2) is 9.10. The zero-order chi connectivity index (χ0) is 23.7. The molecule has 1 heterocycles. The van der Waals surface area contributed by atoms with Gasteiger partial charge in [-0.05, 0) is 61.9 Å². The molecule has 0 aliphatic carbocycles. The lowest BCUT2D eigenvalue weighted by atomic mass is 9.92. The van der Waals surface area contributed by atoms with E-state index < -0.39 is 21.5 Å². The number of nitrogens with one attached hydrogen (secondary N) is 1. The first-order chi connectivity index (χ1) is 14.1. The Morgan fingerprint density at radius 1 is 1.23 bits per heavy atom. The molecule has 7 nitrogen and oxygen atoms in total. The highest BCUT2D eigenvalue weighted by atomic mass is 32.2. The molecule has 2 amide bonds. The number of nitrogens with zero attached hydrogens (tertiary/aromatic N) is 1. The van der Waals surface area contributed by atoms with Gasteiger partial charge in [0.1, 0.15) is 33.0 Å². The summed E-state index contributed by atoms with van der Waals surface area (Å²) in [7, 11) is -3.46. The highest BCUT2D eigenvalue weighted by molar-refractivity contribution is 7.90. The summed E-state index contributed by atoms with van der Waals surface area (Å²) in [5.74, 6) is -0.0767. The Kier molecular flexibility index (Phi) is 7.35. The number of nitrogens with two attached hydrogens (primary N) is 1. The van der Waals surface area contributed by atoms with E-state index in [2.05, 4.69) is 9.68 Å². The number of carbonyl (C=O) groups excluding carboxylic acids is 1. The Morgan fingerprint density at radius 2 is 1.74 bits per heavy atom. The first-order valence-electron chi connectivity index (χ1n) is 10.1. The fraction of sp³-hybridized carbons (Fsp3) is 0.500. The van der Waals surface area contributed by atoms with E-state index in [0.29, 0.717) is 28.1 Å². The molecule has 2 rings (SSSR count). The minimum Gasteiger partial charge on any atom is -0.465 e. The number of furan rings is 1. The molecule has 1 unspecified atom stereocenters. The van der Waals surface area contributed by atoms with E-state index in [1.165, 1.54) is 12.1 Å². The van der Waals surface area contributed by atoms with Gasteiger partial charge in [-0.3, -0.25) is 0 Å². The van der Waals surface area contributed by atoms with Gasteiger partial charge in [0, 0.05) is 11.3 Å². The number of benzene rings is 1. The summed E-state index contributed by atoms with van der Waals surface area (Å²) in [4.78, 5) is 12.6. The summed E-state index contributed by atoms with van der Waals surface area (Å²) >= 11 is 0. The molecule has 9 heteroatoms. The van der Waals surface area contributed by atoms with Crippen molar-refractivity contribution >= 4 is 21.6 Å². The third-order valence-corrected chi connectivity index (χ3v) is 6.03. The van der Waals surface area contributed by atoms with Gasteiger partial charge in [0.05, 0.1) is 5.60 Å². The average molecular weight is 454 g/mol. The summed E-state index contributed by atoms with van der Waals surface area (Å²) in [6, 6.07) is 3.42. The molecule has 2 aromatic rings. The fourth-order valence-corrected chi connectivity index (χ4v) is 4.37. The van der Waals surface area contributed by atoms with Crippen LogP contribution < -0.4 is 10.5 Å². The standard InChI is InChI=1S/C22H32FN3O4S/c1-12(2)17-8-15(23)9-18(13(3)4)20(17)25-21(27)26-31(24,29)11-16-10-19(14(5)30-16)22(6,7)28/h8-10,12-13,28H,11H2,1-7H3,(H3,24,25,26,27,29). The van der Waals surface area contributed by atoms with Crippen LogP contribution in [0.3, 0.4) is 0 Å². The molecule has 0 saturated heterocycles. The van der Waals surface area contributed by atoms with E-state index >= 15 is 0 Å². The van der Waals surface area contributed by atoms with Crippen LogP contribution in [0.5, 0.6) is 0 Å². The number of hydrogen-bond acceptors (Lipinski definition) is 4. The SMILES string of the molecule is Cc1oc(CS(N)(=O)=NC(=O)Nc2c(C(C)C)cc(F)cc2C(C)C)cc1C(C)(C)O. The number of aryl methyl sites for hydroxylation is 1. The van der Waals surface area contributed by atoms with Crippen LogP contribution >= 0.6 is 0 Å². The van der Waals surface area contributed by atoms with Crippen molar-refractivity contribution in [1.82, 2.24) is 0 Å². The second-order valence-electron chi connectivity index (χ2n) is 8.87. The quantitative estimate of drug-likeness (QED) is 0.552. The number of anilines is 1. The van der Waals surface area contributed by atoms with E-state index in [9.17, 15) is 18.5 Å². The van der Waals surface area contributed by atoms with Crippen LogP contribution in [0.1, 0.15) is 81.6 Å². The maximum atomic E-state index is 14.1. The Labute approximate surface area is 183 Å². The van der Waals surface area contributed by atoms with Crippen LogP contribution in [0.15, 0.2) is 27.0 Å². The van der Waals surface area contributed by atoms with Crippen LogP contribution in [0, 0.1) is 12.7 Å². The minimum atomic E-state index is -3.46. The number of aliphatic hydroxyl groups is 1. The van der Waals surface area contributed by atoms with E-state index in [-0.39, 0.29) is 29.2 Å². The average Bonchev–Trinajstić information content (AvgIpc) is 2.94. The summed E-state index contributed by atoms with van der Waals surface area (Å²) in [6.07, 6.45) is 0. The van der Waals surface area contributed by atoms with Gasteiger partial charge >= 0.3 is 6.03 Å². The summed E-state index contributed by atoms with van der Waals surface area (Å²) in [5, 5.41) is 18.6. The smallest absolute Gasteiger partial charge is 0.354 e. The van der Waals surface area contributed by atoms with Crippen molar-refractivity contribution in [3.8, 4) is 0 Å². The Balaban J connectivity index is 2.35. The number of carbonyl (C=O) groups is 1. The van der Waals surface area contributed by atoms with Gasteiger partial charge in [0.25, 0.3) is 0 Å². The normalized spacial score (nSPS) is 14.1. The number of urea groups is 1. The number of amides is 2. The van der Waals surface area contributed by atoms with E-state index in [1.807, 2.05) is 27.7 Å². The molecule has 4 N–H and O–H groups in total. The molecule has 0 aliphatic heterocycles. The highest BCUT2D eigenvalue weighted by Crippen LogP contribution is 2.34. The van der Waals surface area contributed by atoms with Crippen molar-refractivity contribution in [2.45, 2.75) is 71.7 Å². The lowest BCUT2D eigenvalue weighted by Gasteiger charge is -2.19. The molecular formula is C22H32FN3O4S. The predicted molar refractivity (Wildman–Crippen MR) is 121 cm³/mol. The van der Waals surface area contributed by atoms with Gasteiger partial charge in [-0.2, -0.15) is 0 Å². The van der Waals surface area contributed by atoms with Crippen LogP contribution in [0.2, 0.25) is 0 Å². The minimum absolute atomic E-state index is 0.0583. The molecule has 31 heavy (non-hydrogen) atoms. The molecular weight excluding hydrogens is 421 g/mol. The maximum absolute atomic E-state index is 14.1. The monoisotopic (exact) mass is 453 g/mol. The second-order valence-corrected chi connectivity index (χ2v) is 10.7. The van der Waals surface area contributed by atoms with Crippen molar-refractivity contribution in [3.63, 3.8) is 0 Å². The summed E-state index contributed by atoms with van der Waals surface area (Å²) in [5.41, 5.74) is 1.09. The third kappa shape index (κ3) is 6.38. The largest absolute Gasteiger partial charge is 0.465 e. The predicted octanol–water partition coefficient (Wildman–Crippen LogP) is 5.28. The van der Waals surface area contributed by atoms with Crippen molar-refractivity contribution in [1.29, 1.82) is 0 Å². The van der Waals surface area contributed by atoms with Gasteiger partial charge in [0.15, 0.2) is 0 Å². The van der Waals surface area contributed by atoms with Gasteiger partial charge in [-0.25, -0.2) is 18.5 Å². The third-order valence-electron chi connectivity index (χ3n) is 4.85. The molecule has 0 aliphatic rings.